The first-order valence-corrected chi connectivity index (χ1v) is 8.53. The van der Waals surface area contributed by atoms with Gasteiger partial charge in [0.15, 0.2) is 5.69 Å². The first-order chi connectivity index (χ1) is 12.2. The summed E-state index contributed by atoms with van der Waals surface area (Å²) in [5.41, 5.74) is 9.81. The first-order valence-electron chi connectivity index (χ1n) is 8.53. The van der Waals surface area contributed by atoms with Gasteiger partial charge >= 0.3 is 0 Å². The summed E-state index contributed by atoms with van der Waals surface area (Å²) in [4.78, 5) is 12.4. The number of fused-ring (bicyclic) bond motifs is 2. The number of carbonyl (C=O) groups is 1. The standard InChI is InChI=1S/C20H20N4O/c1-13(15-11-10-14-6-2-3-7-16(14)12-15)21-24-20(25)19-17-8-4-5-9-18(17)22-23-19/h2-3,6-7,10-12,21H,1,4-5,8-9H2,(H,22,23)(H,24,25). The molecule has 25 heavy (non-hydrogen) atoms. The van der Waals surface area contributed by atoms with Crippen LogP contribution < -0.4 is 10.9 Å². The van der Waals surface area contributed by atoms with Crippen LogP contribution in [-0.4, -0.2) is 16.1 Å². The lowest BCUT2D eigenvalue weighted by atomic mass is 9.96. The second-order valence-corrected chi connectivity index (χ2v) is 6.36. The van der Waals surface area contributed by atoms with E-state index in [-0.39, 0.29) is 5.91 Å². The lowest BCUT2D eigenvalue weighted by Crippen LogP contribution is -2.36. The SMILES string of the molecule is C=C(NNC(=O)c1n[nH]c2c1CCCC2)c1ccc2ccccc2c1. The van der Waals surface area contributed by atoms with Crippen molar-refractivity contribution >= 4 is 22.4 Å². The highest BCUT2D eigenvalue weighted by atomic mass is 16.2. The molecule has 1 aliphatic carbocycles. The van der Waals surface area contributed by atoms with Crippen LogP contribution in [0.5, 0.6) is 0 Å². The Morgan fingerprint density at radius 1 is 1.04 bits per heavy atom. The summed E-state index contributed by atoms with van der Waals surface area (Å²) in [5, 5.41) is 9.48. The van der Waals surface area contributed by atoms with Gasteiger partial charge in [-0.25, -0.2) is 0 Å². The van der Waals surface area contributed by atoms with Gasteiger partial charge in [-0.1, -0.05) is 43.0 Å². The number of rotatable bonds is 4. The molecule has 0 aliphatic heterocycles. The third-order valence-electron chi connectivity index (χ3n) is 4.70. The summed E-state index contributed by atoms with van der Waals surface area (Å²) >= 11 is 0. The van der Waals surface area contributed by atoms with E-state index in [1.165, 1.54) is 5.39 Å². The molecule has 5 nitrogen and oxygen atoms in total. The second kappa shape index (κ2) is 6.43. The Morgan fingerprint density at radius 3 is 2.72 bits per heavy atom. The normalized spacial score (nSPS) is 13.3. The minimum Gasteiger partial charge on any atom is -0.298 e. The predicted molar refractivity (Wildman–Crippen MR) is 98.8 cm³/mol. The number of H-pyrrole nitrogens is 1. The van der Waals surface area contributed by atoms with Crippen LogP contribution in [0, 0.1) is 0 Å². The van der Waals surface area contributed by atoms with E-state index in [0.29, 0.717) is 11.4 Å². The van der Waals surface area contributed by atoms with Gasteiger partial charge in [-0.15, -0.1) is 0 Å². The highest BCUT2D eigenvalue weighted by Crippen LogP contribution is 2.22. The molecule has 0 saturated heterocycles. The Labute approximate surface area is 146 Å². The fourth-order valence-corrected chi connectivity index (χ4v) is 3.31. The zero-order valence-corrected chi connectivity index (χ0v) is 13.9. The smallest absolute Gasteiger partial charge is 0.290 e. The summed E-state index contributed by atoms with van der Waals surface area (Å²) < 4.78 is 0. The monoisotopic (exact) mass is 332 g/mol. The third-order valence-corrected chi connectivity index (χ3v) is 4.70. The largest absolute Gasteiger partial charge is 0.298 e. The van der Waals surface area contributed by atoms with Gasteiger partial charge in [0.25, 0.3) is 5.91 Å². The van der Waals surface area contributed by atoms with Crippen LogP contribution in [-0.2, 0) is 12.8 Å². The summed E-state index contributed by atoms with van der Waals surface area (Å²) in [7, 11) is 0. The van der Waals surface area contributed by atoms with Crippen LogP contribution >= 0.6 is 0 Å². The highest BCUT2D eigenvalue weighted by Gasteiger charge is 2.21. The van der Waals surface area contributed by atoms with Crippen molar-refractivity contribution in [3.8, 4) is 0 Å². The molecule has 0 unspecified atom stereocenters. The minimum absolute atomic E-state index is 0.235. The van der Waals surface area contributed by atoms with E-state index in [2.05, 4.69) is 39.8 Å². The average molecular weight is 332 g/mol. The number of hydrogen-bond donors (Lipinski definition) is 3. The number of aryl methyl sites for hydroxylation is 1. The number of benzene rings is 2. The molecule has 5 heteroatoms. The molecule has 0 saturated carbocycles. The van der Waals surface area contributed by atoms with Gasteiger partial charge in [0, 0.05) is 11.3 Å². The summed E-state index contributed by atoms with van der Waals surface area (Å²) in [5.74, 6) is -0.235. The van der Waals surface area contributed by atoms with Gasteiger partial charge in [0.2, 0.25) is 0 Å². The molecule has 0 atom stereocenters. The van der Waals surface area contributed by atoms with E-state index in [0.717, 1.165) is 47.9 Å². The molecule has 3 N–H and O–H groups in total. The number of carbonyl (C=O) groups excluding carboxylic acids is 1. The van der Waals surface area contributed by atoms with Gasteiger partial charge in [-0.3, -0.25) is 20.7 Å². The Kier molecular flexibility index (Phi) is 3.98. The molecular weight excluding hydrogens is 312 g/mol. The average Bonchev–Trinajstić information content (AvgIpc) is 3.09. The van der Waals surface area contributed by atoms with Crippen molar-refractivity contribution in [2.75, 3.05) is 0 Å². The molecule has 0 spiro atoms. The Hall–Kier alpha value is -3.08. The van der Waals surface area contributed by atoms with Crippen molar-refractivity contribution in [3.05, 3.63) is 71.6 Å². The topological polar surface area (TPSA) is 69.8 Å². The van der Waals surface area contributed by atoms with Crippen LogP contribution in [0.25, 0.3) is 16.5 Å². The van der Waals surface area contributed by atoms with Gasteiger partial charge in [-0.05, 0) is 48.1 Å². The Morgan fingerprint density at radius 2 is 1.84 bits per heavy atom. The van der Waals surface area contributed by atoms with Crippen LogP contribution in [0.2, 0.25) is 0 Å². The maximum absolute atomic E-state index is 12.4. The van der Waals surface area contributed by atoms with E-state index in [1.807, 2.05) is 30.3 Å². The molecule has 0 bridgehead atoms. The number of nitrogens with one attached hydrogen (secondary N) is 3. The fourth-order valence-electron chi connectivity index (χ4n) is 3.31. The van der Waals surface area contributed by atoms with Crippen molar-refractivity contribution in [2.24, 2.45) is 0 Å². The number of aromatic amines is 1. The number of amides is 1. The molecule has 1 aromatic heterocycles. The van der Waals surface area contributed by atoms with Crippen LogP contribution in [0.3, 0.4) is 0 Å². The van der Waals surface area contributed by atoms with Crippen molar-refractivity contribution < 1.29 is 4.79 Å². The summed E-state index contributed by atoms with van der Waals surface area (Å²) in [6.45, 7) is 4.02. The van der Waals surface area contributed by atoms with Crippen molar-refractivity contribution in [2.45, 2.75) is 25.7 Å². The maximum atomic E-state index is 12.4. The Balaban J connectivity index is 1.45. The zero-order chi connectivity index (χ0) is 17.2. The van der Waals surface area contributed by atoms with Crippen LogP contribution in [0.1, 0.15) is 40.2 Å². The third kappa shape index (κ3) is 3.01. The summed E-state index contributed by atoms with van der Waals surface area (Å²) in [6, 6.07) is 14.2. The minimum atomic E-state index is -0.235. The molecular formula is C20H20N4O. The van der Waals surface area contributed by atoms with Gasteiger partial charge < -0.3 is 0 Å². The molecule has 2 aromatic carbocycles. The van der Waals surface area contributed by atoms with E-state index < -0.39 is 0 Å². The predicted octanol–water partition coefficient (Wildman–Crippen LogP) is 3.35. The lowest BCUT2D eigenvalue weighted by molar-refractivity contribution is 0.0936. The fraction of sp³-hybridized carbons (Fsp3) is 0.200. The van der Waals surface area contributed by atoms with Gasteiger partial charge in [0.05, 0.1) is 5.70 Å². The molecule has 1 aliphatic rings. The zero-order valence-electron chi connectivity index (χ0n) is 13.9. The van der Waals surface area contributed by atoms with Gasteiger partial charge in [-0.2, -0.15) is 5.10 Å². The van der Waals surface area contributed by atoms with E-state index >= 15 is 0 Å². The van der Waals surface area contributed by atoms with Crippen molar-refractivity contribution in [1.29, 1.82) is 0 Å². The van der Waals surface area contributed by atoms with E-state index in [1.54, 1.807) is 0 Å². The number of nitrogens with zero attached hydrogens (tertiary/aromatic N) is 1. The number of aromatic nitrogens is 2. The molecule has 1 heterocycles. The molecule has 0 radical (unpaired) electrons. The van der Waals surface area contributed by atoms with Crippen molar-refractivity contribution in [1.82, 2.24) is 21.0 Å². The number of hydrogen-bond acceptors (Lipinski definition) is 3. The second-order valence-electron chi connectivity index (χ2n) is 6.36. The molecule has 1 amide bonds. The first kappa shape index (κ1) is 15.4. The van der Waals surface area contributed by atoms with E-state index in [9.17, 15) is 4.79 Å². The quantitative estimate of drug-likeness (QED) is 0.642. The molecule has 126 valence electrons. The lowest BCUT2D eigenvalue weighted by Gasteiger charge is -2.13. The van der Waals surface area contributed by atoms with E-state index in [4.69, 9.17) is 0 Å². The van der Waals surface area contributed by atoms with Crippen molar-refractivity contribution in [3.63, 3.8) is 0 Å². The number of hydrazine groups is 1. The van der Waals surface area contributed by atoms with Crippen LogP contribution in [0.15, 0.2) is 49.0 Å². The highest BCUT2D eigenvalue weighted by molar-refractivity contribution is 5.94. The molecule has 3 aromatic rings. The van der Waals surface area contributed by atoms with Crippen LogP contribution in [0.4, 0.5) is 0 Å². The molecule has 0 fully saturated rings. The maximum Gasteiger partial charge on any atom is 0.290 e. The summed E-state index contributed by atoms with van der Waals surface area (Å²) in [6.07, 6.45) is 4.12. The molecule has 4 rings (SSSR count). The van der Waals surface area contributed by atoms with Gasteiger partial charge in [0.1, 0.15) is 0 Å². The Bertz CT molecular complexity index is 957.